The first-order valence-corrected chi connectivity index (χ1v) is 7.46. The van der Waals surface area contributed by atoms with Gasteiger partial charge in [0, 0.05) is 18.8 Å². The second-order valence-corrected chi connectivity index (χ2v) is 5.87. The number of aliphatic carboxylic acids is 1. The number of likely N-dealkylation sites (tertiary alicyclic amines) is 1. The molecule has 1 fully saturated rings. The first-order valence-electron chi connectivity index (χ1n) is 7.46. The Morgan fingerprint density at radius 2 is 2.05 bits per heavy atom. The molecule has 0 unspecified atom stereocenters. The molecular formula is C16H23FN2O2. The van der Waals surface area contributed by atoms with Crippen molar-refractivity contribution < 1.29 is 14.3 Å². The number of nitrogens with zero attached hydrogens (tertiary/aromatic N) is 1. The second kappa shape index (κ2) is 6.43. The maximum Gasteiger partial charge on any atom is 0.329 e. The van der Waals surface area contributed by atoms with Crippen molar-refractivity contribution in [1.29, 1.82) is 0 Å². The van der Waals surface area contributed by atoms with Crippen LogP contribution in [0.25, 0.3) is 0 Å². The zero-order valence-electron chi connectivity index (χ0n) is 12.7. The fourth-order valence-electron chi connectivity index (χ4n) is 2.95. The SMILES string of the molecule is CCCN1CCC(Nc2cc(C)cc(F)c2)(C(=O)O)CC1. The molecule has 1 aromatic rings. The van der Waals surface area contributed by atoms with E-state index in [2.05, 4.69) is 17.1 Å². The van der Waals surface area contributed by atoms with Gasteiger partial charge in [-0.3, -0.25) is 0 Å². The van der Waals surface area contributed by atoms with Crippen LogP contribution in [0.3, 0.4) is 0 Å². The van der Waals surface area contributed by atoms with Crippen LogP contribution < -0.4 is 5.32 Å². The Hall–Kier alpha value is -1.62. The van der Waals surface area contributed by atoms with Crippen molar-refractivity contribution in [2.45, 2.75) is 38.6 Å². The minimum Gasteiger partial charge on any atom is -0.480 e. The summed E-state index contributed by atoms with van der Waals surface area (Å²) in [6.07, 6.45) is 2.12. The summed E-state index contributed by atoms with van der Waals surface area (Å²) in [5.74, 6) is -1.21. The Balaban J connectivity index is 2.14. The van der Waals surface area contributed by atoms with E-state index in [9.17, 15) is 14.3 Å². The van der Waals surface area contributed by atoms with Crippen LogP contribution in [0.15, 0.2) is 18.2 Å². The number of hydrogen-bond acceptors (Lipinski definition) is 3. The largest absolute Gasteiger partial charge is 0.480 e. The molecule has 5 heteroatoms. The topological polar surface area (TPSA) is 52.6 Å². The Labute approximate surface area is 125 Å². The molecule has 21 heavy (non-hydrogen) atoms. The summed E-state index contributed by atoms with van der Waals surface area (Å²) in [5, 5.41) is 12.7. The number of halogens is 1. The number of piperidine rings is 1. The van der Waals surface area contributed by atoms with Crippen LogP contribution in [0.1, 0.15) is 31.7 Å². The van der Waals surface area contributed by atoms with Crippen molar-refractivity contribution in [3.05, 3.63) is 29.6 Å². The molecule has 2 N–H and O–H groups in total. The van der Waals surface area contributed by atoms with Gasteiger partial charge in [-0.15, -0.1) is 0 Å². The second-order valence-electron chi connectivity index (χ2n) is 5.87. The van der Waals surface area contributed by atoms with Gasteiger partial charge in [-0.05, 0) is 56.5 Å². The summed E-state index contributed by atoms with van der Waals surface area (Å²) >= 11 is 0. The number of hydrogen-bond donors (Lipinski definition) is 2. The molecule has 0 amide bonds. The number of aryl methyl sites for hydroxylation is 1. The summed E-state index contributed by atoms with van der Waals surface area (Å²) in [4.78, 5) is 14.0. The zero-order valence-corrected chi connectivity index (χ0v) is 12.7. The van der Waals surface area contributed by atoms with E-state index >= 15 is 0 Å². The molecule has 1 heterocycles. The number of benzene rings is 1. The quantitative estimate of drug-likeness (QED) is 0.877. The summed E-state index contributed by atoms with van der Waals surface area (Å²) < 4.78 is 13.5. The molecule has 0 bridgehead atoms. The first-order chi connectivity index (χ1) is 9.95. The van der Waals surface area contributed by atoms with Gasteiger partial charge in [0.15, 0.2) is 0 Å². The predicted molar refractivity (Wildman–Crippen MR) is 81.1 cm³/mol. The fraction of sp³-hybridized carbons (Fsp3) is 0.562. The molecule has 0 aliphatic carbocycles. The van der Waals surface area contributed by atoms with Crippen molar-refractivity contribution in [2.24, 2.45) is 0 Å². The maximum atomic E-state index is 13.5. The third-order valence-corrected chi connectivity index (χ3v) is 4.08. The molecule has 2 rings (SSSR count). The maximum absolute atomic E-state index is 13.5. The van der Waals surface area contributed by atoms with Crippen molar-refractivity contribution >= 4 is 11.7 Å². The molecule has 1 aliphatic rings. The lowest BCUT2D eigenvalue weighted by Gasteiger charge is -2.40. The predicted octanol–water partition coefficient (Wildman–Crippen LogP) is 2.88. The van der Waals surface area contributed by atoms with Crippen LogP contribution in [-0.2, 0) is 4.79 Å². The van der Waals surface area contributed by atoms with Crippen LogP contribution in [0.2, 0.25) is 0 Å². The lowest BCUT2D eigenvalue weighted by molar-refractivity contribution is -0.144. The van der Waals surface area contributed by atoms with E-state index in [1.54, 1.807) is 13.0 Å². The van der Waals surface area contributed by atoms with Crippen molar-refractivity contribution in [3.63, 3.8) is 0 Å². The fourth-order valence-corrected chi connectivity index (χ4v) is 2.95. The molecule has 1 saturated heterocycles. The van der Waals surface area contributed by atoms with E-state index in [-0.39, 0.29) is 5.82 Å². The van der Waals surface area contributed by atoms with Crippen molar-refractivity contribution in [2.75, 3.05) is 25.0 Å². The van der Waals surface area contributed by atoms with Gasteiger partial charge in [0.2, 0.25) is 0 Å². The van der Waals surface area contributed by atoms with Crippen LogP contribution in [0.4, 0.5) is 10.1 Å². The minimum absolute atomic E-state index is 0.346. The van der Waals surface area contributed by atoms with Gasteiger partial charge >= 0.3 is 5.97 Å². The van der Waals surface area contributed by atoms with Crippen LogP contribution in [-0.4, -0.2) is 41.1 Å². The first kappa shape index (κ1) is 15.8. The van der Waals surface area contributed by atoms with Crippen LogP contribution in [0.5, 0.6) is 0 Å². The monoisotopic (exact) mass is 294 g/mol. The molecule has 1 aromatic carbocycles. The molecule has 0 saturated carbocycles. The summed E-state index contributed by atoms with van der Waals surface area (Å²) in [5.41, 5.74) is 0.324. The number of carbonyl (C=O) groups is 1. The number of carboxylic acid groups (broad SMARTS) is 1. The molecular weight excluding hydrogens is 271 g/mol. The zero-order chi connectivity index (χ0) is 15.5. The average molecular weight is 294 g/mol. The van der Waals surface area contributed by atoms with Gasteiger partial charge in [-0.2, -0.15) is 0 Å². The smallest absolute Gasteiger partial charge is 0.329 e. The lowest BCUT2D eigenvalue weighted by atomic mass is 9.87. The molecule has 1 aliphatic heterocycles. The third kappa shape index (κ3) is 3.73. The van der Waals surface area contributed by atoms with Crippen LogP contribution in [0, 0.1) is 12.7 Å². The van der Waals surface area contributed by atoms with Crippen LogP contribution >= 0.6 is 0 Å². The van der Waals surface area contributed by atoms with Crippen molar-refractivity contribution in [1.82, 2.24) is 4.90 Å². The van der Waals surface area contributed by atoms with Gasteiger partial charge in [-0.1, -0.05) is 6.92 Å². The highest BCUT2D eigenvalue weighted by molar-refractivity contribution is 5.83. The highest BCUT2D eigenvalue weighted by Gasteiger charge is 2.41. The standard InChI is InChI=1S/C16H23FN2O2/c1-3-6-19-7-4-16(5-8-19,15(20)21)18-14-10-12(2)9-13(17)11-14/h9-11,18H,3-8H2,1-2H3,(H,20,21). The van der Waals surface area contributed by atoms with E-state index in [0.717, 1.165) is 31.6 Å². The van der Waals surface area contributed by atoms with Crippen molar-refractivity contribution in [3.8, 4) is 0 Å². The average Bonchev–Trinajstić information content (AvgIpc) is 2.40. The van der Waals surface area contributed by atoms with E-state index in [1.807, 2.05) is 0 Å². The number of carboxylic acids is 1. The van der Waals surface area contributed by atoms with Gasteiger partial charge in [-0.25, -0.2) is 9.18 Å². The Bertz CT molecular complexity index is 491. The lowest BCUT2D eigenvalue weighted by Crippen LogP contribution is -2.54. The van der Waals surface area contributed by atoms with E-state index in [1.165, 1.54) is 12.1 Å². The summed E-state index contributed by atoms with van der Waals surface area (Å²) in [6.45, 7) is 6.41. The van der Waals surface area contributed by atoms with E-state index in [0.29, 0.717) is 18.5 Å². The highest BCUT2D eigenvalue weighted by Crippen LogP contribution is 2.28. The molecule has 4 nitrogen and oxygen atoms in total. The molecule has 0 atom stereocenters. The number of nitrogens with one attached hydrogen (secondary N) is 1. The molecule has 0 radical (unpaired) electrons. The summed E-state index contributed by atoms with van der Waals surface area (Å²) in [7, 11) is 0. The Kier molecular flexibility index (Phi) is 4.83. The van der Waals surface area contributed by atoms with Gasteiger partial charge in [0.05, 0.1) is 0 Å². The summed E-state index contributed by atoms with van der Waals surface area (Å²) in [6, 6.07) is 4.57. The highest BCUT2D eigenvalue weighted by atomic mass is 19.1. The molecule has 0 spiro atoms. The van der Waals surface area contributed by atoms with Gasteiger partial charge < -0.3 is 15.3 Å². The van der Waals surface area contributed by atoms with E-state index in [4.69, 9.17) is 0 Å². The van der Waals surface area contributed by atoms with E-state index < -0.39 is 11.5 Å². The third-order valence-electron chi connectivity index (χ3n) is 4.08. The minimum atomic E-state index is -0.996. The normalized spacial score (nSPS) is 18.4. The van der Waals surface area contributed by atoms with Gasteiger partial charge in [0.1, 0.15) is 11.4 Å². The van der Waals surface area contributed by atoms with Gasteiger partial charge in [0.25, 0.3) is 0 Å². The number of rotatable bonds is 5. The molecule has 0 aromatic heterocycles. The Morgan fingerprint density at radius 1 is 1.38 bits per heavy atom. The number of anilines is 1. The Morgan fingerprint density at radius 3 is 2.57 bits per heavy atom. The molecule has 116 valence electrons.